The molecule has 1 heterocycles. The summed E-state index contributed by atoms with van der Waals surface area (Å²) in [6, 6.07) is 0. The minimum atomic E-state index is -0.699. The first kappa shape index (κ1) is 11.8. The molecule has 0 atom stereocenters. The van der Waals surface area contributed by atoms with Crippen molar-refractivity contribution in [3.63, 3.8) is 0 Å². The zero-order valence-corrected chi connectivity index (χ0v) is 9.49. The number of H-pyrrole nitrogens is 2. The maximum absolute atomic E-state index is 11.4. The van der Waals surface area contributed by atoms with Crippen LogP contribution in [0.3, 0.4) is 0 Å². The second kappa shape index (κ2) is 5.07. The summed E-state index contributed by atoms with van der Waals surface area (Å²) in [7, 11) is 0. The van der Waals surface area contributed by atoms with Crippen molar-refractivity contribution in [2.45, 2.75) is 38.5 Å². The number of nitroso groups, excluding NO2 is 1. The standard InChI is InChI=1S/C11H15N3O3/c15-10-9(14-17)8(12-11(16)13-10)6-7-4-2-1-3-5-7/h7H,1-6H2,(H2,12,13,15,16). The lowest BCUT2D eigenvalue weighted by atomic mass is 9.86. The summed E-state index contributed by atoms with van der Waals surface area (Å²) in [4.78, 5) is 37.7. The van der Waals surface area contributed by atoms with E-state index in [1.54, 1.807) is 0 Å². The van der Waals surface area contributed by atoms with Gasteiger partial charge in [-0.3, -0.25) is 9.78 Å². The average Bonchev–Trinajstić information content (AvgIpc) is 2.30. The minimum Gasteiger partial charge on any atom is -0.309 e. The van der Waals surface area contributed by atoms with Gasteiger partial charge in [-0.05, 0) is 17.5 Å². The van der Waals surface area contributed by atoms with Gasteiger partial charge in [-0.25, -0.2) is 4.79 Å². The van der Waals surface area contributed by atoms with Crippen molar-refractivity contribution in [1.29, 1.82) is 0 Å². The third-order valence-electron chi connectivity index (χ3n) is 3.30. The van der Waals surface area contributed by atoms with Crippen molar-refractivity contribution < 1.29 is 0 Å². The van der Waals surface area contributed by atoms with Crippen molar-refractivity contribution >= 4 is 5.69 Å². The van der Waals surface area contributed by atoms with Crippen molar-refractivity contribution in [3.05, 3.63) is 31.4 Å². The van der Waals surface area contributed by atoms with Crippen LogP contribution in [0.5, 0.6) is 0 Å². The Morgan fingerprint density at radius 2 is 1.82 bits per heavy atom. The van der Waals surface area contributed by atoms with Crippen LogP contribution in [-0.2, 0) is 6.42 Å². The van der Waals surface area contributed by atoms with Gasteiger partial charge >= 0.3 is 5.69 Å². The molecule has 1 aliphatic rings. The Morgan fingerprint density at radius 1 is 1.12 bits per heavy atom. The Balaban J connectivity index is 2.27. The van der Waals surface area contributed by atoms with Crippen LogP contribution in [0, 0.1) is 10.8 Å². The Kier molecular flexibility index (Phi) is 3.51. The SMILES string of the molecule is O=Nc1c(CC2CCCCC2)[nH]c(=O)[nH]c1=O. The minimum absolute atomic E-state index is 0.185. The van der Waals surface area contributed by atoms with Crippen LogP contribution in [0.1, 0.15) is 37.8 Å². The molecule has 2 rings (SSSR count). The predicted molar refractivity (Wildman–Crippen MR) is 63.4 cm³/mol. The zero-order chi connectivity index (χ0) is 12.3. The lowest BCUT2D eigenvalue weighted by Gasteiger charge is -2.21. The quantitative estimate of drug-likeness (QED) is 0.781. The smallest absolute Gasteiger partial charge is 0.309 e. The maximum Gasteiger partial charge on any atom is 0.326 e. The normalized spacial score (nSPS) is 16.9. The van der Waals surface area contributed by atoms with E-state index in [2.05, 4.69) is 10.2 Å². The molecule has 0 saturated heterocycles. The van der Waals surface area contributed by atoms with Crippen molar-refractivity contribution in [3.8, 4) is 0 Å². The van der Waals surface area contributed by atoms with Gasteiger partial charge in [0.05, 0.1) is 5.69 Å². The van der Waals surface area contributed by atoms with Gasteiger partial charge in [0.1, 0.15) is 0 Å². The van der Waals surface area contributed by atoms with Crippen LogP contribution in [-0.4, -0.2) is 9.97 Å². The van der Waals surface area contributed by atoms with Crippen molar-refractivity contribution in [2.24, 2.45) is 11.1 Å². The second-order valence-corrected chi connectivity index (χ2v) is 4.53. The fourth-order valence-corrected chi connectivity index (χ4v) is 2.45. The van der Waals surface area contributed by atoms with Gasteiger partial charge < -0.3 is 4.98 Å². The van der Waals surface area contributed by atoms with Gasteiger partial charge in [0.25, 0.3) is 5.56 Å². The number of nitrogens with one attached hydrogen (secondary N) is 2. The first-order chi connectivity index (χ1) is 8.20. The number of rotatable bonds is 3. The molecule has 6 heteroatoms. The molecular formula is C11H15N3O3. The van der Waals surface area contributed by atoms with Crippen molar-refractivity contribution in [1.82, 2.24) is 9.97 Å². The molecule has 2 N–H and O–H groups in total. The van der Waals surface area contributed by atoms with E-state index < -0.39 is 11.2 Å². The van der Waals surface area contributed by atoms with Crippen LogP contribution < -0.4 is 11.2 Å². The molecule has 1 fully saturated rings. The van der Waals surface area contributed by atoms with Gasteiger partial charge in [-0.15, -0.1) is 4.91 Å². The molecule has 92 valence electrons. The van der Waals surface area contributed by atoms with Crippen LogP contribution in [0.25, 0.3) is 0 Å². The monoisotopic (exact) mass is 237 g/mol. The van der Waals surface area contributed by atoms with E-state index in [1.807, 2.05) is 4.98 Å². The predicted octanol–water partition coefficient (Wildman–Crippen LogP) is 1.58. The maximum atomic E-state index is 11.4. The lowest BCUT2D eigenvalue weighted by Crippen LogP contribution is -2.25. The molecule has 6 nitrogen and oxygen atoms in total. The molecule has 0 radical (unpaired) electrons. The van der Waals surface area contributed by atoms with E-state index in [9.17, 15) is 14.5 Å². The highest BCUT2D eigenvalue weighted by molar-refractivity contribution is 5.38. The summed E-state index contributed by atoms with van der Waals surface area (Å²) < 4.78 is 0. The molecule has 1 saturated carbocycles. The summed E-state index contributed by atoms with van der Waals surface area (Å²) in [5.41, 5.74) is -1.08. The molecule has 0 bridgehead atoms. The zero-order valence-electron chi connectivity index (χ0n) is 9.49. The highest BCUT2D eigenvalue weighted by Crippen LogP contribution is 2.27. The summed E-state index contributed by atoms with van der Waals surface area (Å²) in [5.74, 6) is 0.432. The molecular weight excluding hydrogens is 222 g/mol. The molecule has 1 aromatic rings. The Morgan fingerprint density at radius 3 is 2.47 bits per heavy atom. The molecule has 0 unspecified atom stereocenters. The van der Waals surface area contributed by atoms with Gasteiger partial charge in [0.2, 0.25) is 0 Å². The third kappa shape index (κ3) is 2.69. The molecule has 1 aliphatic carbocycles. The molecule has 0 spiro atoms. The fraction of sp³-hybridized carbons (Fsp3) is 0.636. The van der Waals surface area contributed by atoms with E-state index in [0.29, 0.717) is 18.0 Å². The molecule has 0 aliphatic heterocycles. The number of hydrogen-bond donors (Lipinski definition) is 2. The topological polar surface area (TPSA) is 95.2 Å². The summed E-state index contributed by atoms with van der Waals surface area (Å²) >= 11 is 0. The Labute approximate surface area is 97.4 Å². The highest BCUT2D eigenvalue weighted by Gasteiger charge is 2.18. The van der Waals surface area contributed by atoms with E-state index in [4.69, 9.17) is 0 Å². The van der Waals surface area contributed by atoms with Crippen LogP contribution in [0.15, 0.2) is 14.8 Å². The number of aromatic nitrogens is 2. The van der Waals surface area contributed by atoms with E-state index in [-0.39, 0.29) is 5.69 Å². The van der Waals surface area contributed by atoms with Crippen LogP contribution in [0.4, 0.5) is 5.69 Å². The lowest BCUT2D eigenvalue weighted by molar-refractivity contribution is 0.354. The second-order valence-electron chi connectivity index (χ2n) is 4.53. The van der Waals surface area contributed by atoms with Crippen LogP contribution >= 0.6 is 0 Å². The average molecular weight is 237 g/mol. The number of aromatic amines is 2. The largest absolute Gasteiger partial charge is 0.326 e. The van der Waals surface area contributed by atoms with Crippen LogP contribution in [0.2, 0.25) is 0 Å². The summed E-state index contributed by atoms with van der Waals surface area (Å²) in [6.07, 6.45) is 6.28. The van der Waals surface area contributed by atoms with Gasteiger partial charge in [0.15, 0.2) is 5.69 Å². The van der Waals surface area contributed by atoms with Gasteiger partial charge in [0, 0.05) is 0 Å². The highest BCUT2D eigenvalue weighted by atomic mass is 16.3. The summed E-state index contributed by atoms with van der Waals surface area (Å²) in [5, 5.41) is 2.71. The van der Waals surface area contributed by atoms with E-state index in [0.717, 1.165) is 12.8 Å². The number of nitrogens with zero attached hydrogens (tertiary/aromatic N) is 1. The first-order valence-electron chi connectivity index (χ1n) is 5.89. The molecule has 0 aromatic carbocycles. The van der Waals surface area contributed by atoms with Gasteiger partial charge in [-0.2, -0.15) is 0 Å². The molecule has 17 heavy (non-hydrogen) atoms. The first-order valence-corrected chi connectivity index (χ1v) is 5.89. The Bertz CT molecular complexity index is 511. The molecule has 0 amide bonds. The van der Waals surface area contributed by atoms with E-state index >= 15 is 0 Å². The van der Waals surface area contributed by atoms with E-state index in [1.165, 1.54) is 19.3 Å². The van der Waals surface area contributed by atoms with Crippen molar-refractivity contribution in [2.75, 3.05) is 0 Å². The molecule has 1 aromatic heterocycles. The van der Waals surface area contributed by atoms with Gasteiger partial charge in [-0.1, -0.05) is 32.1 Å². The summed E-state index contributed by atoms with van der Waals surface area (Å²) in [6.45, 7) is 0. The number of hydrogen-bond acceptors (Lipinski definition) is 4. The third-order valence-corrected chi connectivity index (χ3v) is 3.30. The Hall–Kier alpha value is -1.72. The fourth-order valence-electron chi connectivity index (χ4n) is 2.45.